The number of nitrogen functional groups attached to an aromatic ring is 1. The molecule has 1 aromatic rings. The highest BCUT2D eigenvalue weighted by Crippen LogP contribution is 2.22. The fourth-order valence-corrected chi connectivity index (χ4v) is 2.18. The second kappa shape index (κ2) is 4.64. The maximum absolute atomic E-state index is 12.1. The number of anilines is 1. The molecular formula is C11H13BrN2O3. The molecule has 1 saturated heterocycles. The van der Waals surface area contributed by atoms with Crippen LogP contribution in [0.1, 0.15) is 10.4 Å². The Labute approximate surface area is 107 Å². The Hall–Kier alpha value is -1.11. The van der Waals surface area contributed by atoms with Crippen LogP contribution < -0.4 is 5.73 Å². The Bertz CT molecular complexity index is 442. The van der Waals surface area contributed by atoms with Crippen molar-refractivity contribution in [2.45, 2.75) is 12.2 Å². The minimum Gasteiger partial charge on any atom is -0.398 e. The van der Waals surface area contributed by atoms with E-state index in [1.807, 2.05) is 0 Å². The first-order chi connectivity index (χ1) is 7.99. The van der Waals surface area contributed by atoms with Crippen LogP contribution in [0.15, 0.2) is 22.7 Å². The van der Waals surface area contributed by atoms with E-state index in [1.54, 1.807) is 18.2 Å². The van der Waals surface area contributed by atoms with E-state index in [9.17, 15) is 15.0 Å². The van der Waals surface area contributed by atoms with Crippen LogP contribution in [0.25, 0.3) is 0 Å². The third-order valence-corrected chi connectivity index (χ3v) is 3.29. The topological polar surface area (TPSA) is 86.8 Å². The smallest absolute Gasteiger partial charge is 0.256 e. The molecule has 17 heavy (non-hydrogen) atoms. The van der Waals surface area contributed by atoms with E-state index in [0.29, 0.717) is 11.3 Å². The fourth-order valence-electron chi connectivity index (χ4n) is 1.82. The highest BCUT2D eigenvalue weighted by Gasteiger charge is 2.33. The quantitative estimate of drug-likeness (QED) is 0.647. The summed E-state index contributed by atoms with van der Waals surface area (Å²) in [5, 5.41) is 18.8. The Morgan fingerprint density at radius 2 is 1.94 bits per heavy atom. The van der Waals surface area contributed by atoms with E-state index in [4.69, 9.17) is 5.73 Å². The third kappa shape index (κ3) is 2.43. The van der Waals surface area contributed by atoms with Crippen LogP contribution in [0.2, 0.25) is 0 Å². The normalized spacial score (nSPS) is 24.1. The second-order valence-corrected chi connectivity index (χ2v) is 4.99. The van der Waals surface area contributed by atoms with Crippen molar-refractivity contribution in [3.8, 4) is 0 Å². The van der Waals surface area contributed by atoms with Gasteiger partial charge in [-0.1, -0.05) is 15.9 Å². The summed E-state index contributed by atoms with van der Waals surface area (Å²) < 4.78 is 0.760. The molecule has 0 aromatic heterocycles. The molecule has 4 N–H and O–H groups in total. The first kappa shape index (κ1) is 12.3. The number of nitrogens with zero attached hydrogens (tertiary/aromatic N) is 1. The van der Waals surface area contributed by atoms with Crippen molar-refractivity contribution in [3.05, 3.63) is 28.2 Å². The van der Waals surface area contributed by atoms with Gasteiger partial charge in [-0.05, 0) is 18.2 Å². The summed E-state index contributed by atoms with van der Waals surface area (Å²) in [6.07, 6.45) is -1.76. The summed E-state index contributed by atoms with van der Waals surface area (Å²) in [6, 6.07) is 5.02. The number of nitrogens with two attached hydrogens (primary N) is 1. The molecule has 5 nitrogen and oxygen atoms in total. The molecule has 92 valence electrons. The zero-order valence-corrected chi connectivity index (χ0v) is 10.6. The molecule has 1 aromatic carbocycles. The molecule has 2 rings (SSSR count). The Balaban J connectivity index is 2.23. The predicted octanol–water partition coefficient (Wildman–Crippen LogP) is 0.209. The van der Waals surface area contributed by atoms with Gasteiger partial charge < -0.3 is 20.8 Å². The van der Waals surface area contributed by atoms with Crippen molar-refractivity contribution >= 4 is 27.5 Å². The van der Waals surface area contributed by atoms with Crippen molar-refractivity contribution < 1.29 is 15.0 Å². The lowest BCUT2D eigenvalue weighted by Gasteiger charge is -2.16. The standard InChI is InChI=1S/C11H13BrN2O3/c12-6-1-2-8(13)7(3-6)11(17)14-4-9(15)10(16)5-14/h1-3,9-10,15-16H,4-5,13H2. The Kier molecular flexibility index (Phi) is 3.37. The molecule has 1 fully saturated rings. The summed E-state index contributed by atoms with van der Waals surface area (Å²) in [6.45, 7) is 0.262. The van der Waals surface area contributed by atoms with Crippen molar-refractivity contribution in [3.63, 3.8) is 0 Å². The number of benzene rings is 1. The number of aliphatic hydroxyl groups is 2. The number of hydrogen-bond donors (Lipinski definition) is 3. The largest absolute Gasteiger partial charge is 0.398 e. The first-order valence-electron chi connectivity index (χ1n) is 5.19. The average molecular weight is 301 g/mol. The minimum atomic E-state index is -0.882. The SMILES string of the molecule is Nc1ccc(Br)cc1C(=O)N1CC(O)C(O)C1. The fraction of sp³-hybridized carbons (Fsp3) is 0.364. The monoisotopic (exact) mass is 300 g/mol. The number of amides is 1. The number of carbonyl (C=O) groups excluding carboxylic acids is 1. The van der Waals surface area contributed by atoms with Gasteiger partial charge in [0.05, 0.1) is 17.8 Å². The molecule has 2 atom stereocenters. The van der Waals surface area contributed by atoms with E-state index >= 15 is 0 Å². The van der Waals surface area contributed by atoms with Gasteiger partial charge in [0.2, 0.25) is 0 Å². The molecule has 0 saturated carbocycles. The summed E-state index contributed by atoms with van der Waals surface area (Å²) >= 11 is 3.27. The highest BCUT2D eigenvalue weighted by atomic mass is 79.9. The molecule has 1 aliphatic heterocycles. The molecule has 0 spiro atoms. The highest BCUT2D eigenvalue weighted by molar-refractivity contribution is 9.10. The number of carbonyl (C=O) groups is 1. The van der Waals surface area contributed by atoms with Crippen molar-refractivity contribution in [1.82, 2.24) is 4.90 Å². The minimum absolute atomic E-state index is 0.131. The third-order valence-electron chi connectivity index (χ3n) is 2.79. The molecule has 1 aliphatic rings. The number of rotatable bonds is 1. The molecule has 2 unspecified atom stereocenters. The number of halogens is 1. The predicted molar refractivity (Wildman–Crippen MR) is 66.5 cm³/mol. The Morgan fingerprint density at radius 3 is 2.53 bits per heavy atom. The number of aliphatic hydroxyl groups excluding tert-OH is 2. The van der Waals surface area contributed by atoms with E-state index in [2.05, 4.69) is 15.9 Å². The lowest BCUT2D eigenvalue weighted by atomic mass is 10.1. The van der Waals surface area contributed by atoms with Crippen molar-refractivity contribution in [2.24, 2.45) is 0 Å². The molecule has 0 bridgehead atoms. The van der Waals surface area contributed by atoms with Crippen LogP contribution in [0.3, 0.4) is 0 Å². The summed E-state index contributed by atoms with van der Waals surface area (Å²) in [5.74, 6) is -0.278. The maximum Gasteiger partial charge on any atom is 0.256 e. The number of likely N-dealkylation sites (tertiary alicyclic amines) is 1. The van der Waals surface area contributed by atoms with Gasteiger partial charge in [-0.25, -0.2) is 0 Å². The van der Waals surface area contributed by atoms with Gasteiger partial charge in [0, 0.05) is 23.2 Å². The van der Waals surface area contributed by atoms with Crippen LogP contribution in [0.5, 0.6) is 0 Å². The summed E-state index contributed by atoms with van der Waals surface area (Å²) in [4.78, 5) is 13.5. The summed E-state index contributed by atoms with van der Waals surface area (Å²) in [7, 11) is 0. The van der Waals surface area contributed by atoms with Crippen LogP contribution in [0, 0.1) is 0 Å². The molecule has 1 heterocycles. The average Bonchev–Trinajstić information content (AvgIpc) is 2.62. The van der Waals surface area contributed by atoms with Crippen LogP contribution >= 0.6 is 15.9 Å². The van der Waals surface area contributed by atoms with Crippen molar-refractivity contribution in [1.29, 1.82) is 0 Å². The second-order valence-electron chi connectivity index (χ2n) is 4.08. The van der Waals surface area contributed by atoms with E-state index < -0.39 is 12.2 Å². The van der Waals surface area contributed by atoms with Gasteiger partial charge in [0.15, 0.2) is 0 Å². The van der Waals surface area contributed by atoms with Crippen LogP contribution in [-0.2, 0) is 0 Å². The van der Waals surface area contributed by atoms with Gasteiger partial charge in [-0.15, -0.1) is 0 Å². The molecule has 6 heteroatoms. The zero-order valence-electron chi connectivity index (χ0n) is 9.01. The van der Waals surface area contributed by atoms with Crippen LogP contribution in [0.4, 0.5) is 5.69 Å². The van der Waals surface area contributed by atoms with Gasteiger partial charge in [0.25, 0.3) is 5.91 Å². The van der Waals surface area contributed by atoms with Crippen molar-refractivity contribution in [2.75, 3.05) is 18.8 Å². The molecular weight excluding hydrogens is 288 g/mol. The van der Waals surface area contributed by atoms with Crippen LogP contribution in [-0.4, -0.2) is 46.3 Å². The van der Waals surface area contributed by atoms with Gasteiger partial charge in [-0.2, -0.15) is 0 Å². The maximum atomic E-state index is 12.1. The molecule has 0 aliphatic carbocycles. The van der Waals surface area contributed by atoms with E-state index in [-0.39, 0.29) is 19.0 Å². The van der Waals surface area contributed by atoms with Gasteiger partial charge >= 0.3 is 0 Å². The summed E-state index contributed by atoms with van der Waals surface area (Å²) in [5.41, 5.74) is 6.49. The molecule has 0 radical (unpaired) electrons. The molecule has 1 amide bonds. The zero-order chi connectivity index (χ0) is 12.6. The lowest BCUT2D eigenvalue weighted by molar-refractivity contribution is 0.0572. The van der Waals surface area contributed by atoms with E-state index in [0.717, 1.165) is 4.47 Å². The van der Waals surface area contributed by atoms with E-state index in [1.165, 1.54) is 4.90 Å². The number of hydrogen-bond acceptors (Lipinski definition) is 4. The van der Waals surface area contributed by atoms with Gasteiger partial charge in [0.1, 0.15) is 0 Å². The Morgan fingerprint density at radius 1 is 1.35 bits per heavy atom. The van der Waals surface area contributed by atoms with Gasteiger partial charge in [-0.3, -0.25) is 4.79 Å². The number of β-amino-alcohol motifs (C(OH)–C–C–N with tert-alkyl or cyclic N) is 2. The lowest BCUT2D eigenvalue weighted by Crippen LogP contribution is -2.30. The first-order valence-corrected chi connectivity index (χ1v) is 5.99.